The Morgan fingerprint density at radius 2 is 1.57 bits per heavy atom. The third-order valence-corrected chi connectivity index (χ3v) is 2.75. The maximum Gasteiger partial charge on any atom is 0.339 e. The molecule has 112 valence electrons. The molecule has 2 aromatic carbocycles. The van der Waals surface area contributed by atoms with Gasteiger partial charge in [0.2, 0.25) is 0 Å². The van der Waals surface area contributed by atoms with Crippen LogP contribution in [-0.4, -0.2) is 26.4 Å². The fourth-order valence-electron chi connectivity index (χ4n) is 1.70. The molecular formula is C16H18O5. The Balaban J connectivity index is 0.000000211. The molecule has 0 amide bonds. The van der Waals surface area contributed by atoms with Gasteiger partial charge < -0.3 is 20.4 Å². The first kappa shape index (κ1) is 16.4. The van der Waals surface area contributed by atoms with Gasteiger partial charge in [0, 0.05) is 0 Å². The van der Waals surface area contributed by atoms with Gasteiger partial charge in [0.05, 0.1) is 0 Å². The average molecular weight is 290 g/mol. The van der Waals surface area contributed by atoms with Crippen LogP contribution in [0.25, 0.3) is 0 Å². The number of hydrogen-bond donors (Lipinski definition) is 4. The Kier molecular flexibility index (Phi) is 6.07. The second kappa shape index (κ2) is 7.79. The molecule has 0 aliphatic carbocycles. The van der Waals surface area contributed by atoms with Gasteiger partial charge in [-0.2, -0.15) is 0 Å². The van der Waals surface area contributed by atoms with Crippen LogP contribution in [0.2, 0.25) is 0 Å². The highest BCUT2D eigenvalue weighted by atomic mass is 16.4. The zero-order chi connectivity index (χ0) is 15.8. The number of aryl methyl sites for hydroxylation is 1. The van der Waals surface area contributed by atoms with E-state index in [1.165, 1.54) is 18.2 Å². The summed E-state index contributed by atoms with van der Waals surface area (Å²) in [5.74, 6) is -1.32. The Bertz CT molecular complexity index is 607. The van der Waals surface area contributed by atoms with E-state index in [1.807, 2.05) is 13.0 Å². The normalized spacial score (nSPS) is 9.57. The molecule has 0 aliphatic heterocycles. The Labute approximate surface area is 122 Å². The average Bonchev–Trinajstić information content (AvgIpc) is 2.45. The second-order valence-corrected chi connectivity index (χ2v) is 4.36. The van der Waals surface area contributed by atoms with Gasteiger partial charge in [-0.05, 0) is 30.2 Å². The van der Waals surface area contributed by atoms with E-state index in [0.717, 1.165) is 18.4 Å². The number of hydrogen-bond acceptors (Lipinski definition) is 4. The second-order valence-electron chi connectivity index (χ2n) is 4.36. The van der Waals surface area contributed by atoms with Crippen molar-refractivity contribution in [3.63, 3.8) is 0 Å². The number of phenols is 3. The Morgan fingerprint density at radius 3 is 2.10 bits per heavy atom. The van der Waals surface area contributed by atoms with E-state index in [1.54, 1.807) is 18.2 Å². The fraction of sp³-hybridized carbons (Fsp3) is 0.188. The van der Waals surface area contributed by atoms with E-state index in [2.05, 4.69) is 0 Å². The molecular weight excluding hydrogens is 272 g/mol. The number of phenolic OH excluding ortho intramolecular Hbond substituents is 2. The third-order valence-electron chi connectivity index (χ3n) is 2.75. The molecule has 2 rings (SSSR count). The highest BCUT2D eigenvalue weighted by molar-refractivity contribution is 5.90. The van der Waals surface area contributed by atoms with E-state index in [4.69, 9.17) is 15.3 Å². The summed E-state index contributed by atoms with van der Waals surface area (Å²) in [4.78, 5) is 10.3. The maximum atomic E-state index is 10.3. The summed E-state index contributed by atoms with van der Waals surface area (Å²) >= 11 is 0. The Morgan fingerprint density at radius 1 is 0.952 bits per heavy atom. The first-order valence-electron chi connectivity index (χ1n) is 6.48. The third kappa shape index (κ3) is 4.72. The molecule has 0 heterocycles. The molecule has 0 atom stereocenters. The van der Waals surface area contributed by atoms with Crippen LogP contribution in [0.5, 0.6) is 17.2 Å². The summed E-state index contributed by atoms with van der Waals surface area (Å²) in [6.07, 6.45) is 1.78. The molecule has 0 saturated heterocycles. The maximum absolute atomic E-state index is 10.3. The minimum Gasteiger partial charge on any atom is -0.507 e. The van der Waals surface area contributed by atoms with Gasteiger partial charge in [-0.3, -0.25) is 0 Å². The minimum absolute atomic E-state index is 0.0225. The lowest BCUT2D eigenvalue weighted by atomic mass is 10.1. The largest absolute Gasteiger partial charge is 0.507 e. The lowest BCUT2D eigenvalue weighted by Crippen LogP contribution is -1.95. The lowest BCUT2D eigenvalue weighted by Gasteiger charge is -2.03. The topological polar surface area (TPSA) is 98.0 Å². The molecule has 0 saturated carbocycles. The van der Waals surface area contributed by atoms with Crippen molar-refractivity contribution in [1.82, 2.24) is 0 Å². The van der Waals surface area contributed by atoms with Crippen LogP contribution in [0.4, 0.5) is 0 Å². The zero-order valence-corrected chi connectivity index (χ0v) is 11.7. The van der Waals surface area contributed by atoms with Crippen molar-refractivity contribution in [1.29, 1.82) is 0 Å². The standard InChI is InChI=1S/C9H12O2.C7H6O3/c1-2-4-7-5-3-6-8(10)9(7)11;8-6-4-2-1-3-5(6)7(9)10/h3,5-6,10-11H,2,4H2,1H3;1-4,8H,(H,9,10). The van der Waals surface area contributed by atoms with Crippen LogP contribution < -0.4 is 0 Å². The molecule has 0 fully saturated rings. The van der Waals surface area contributed by atoms with Gasteiger partial charge >= 0.3 is 5.97 Å². The highest BCUT2D eigenvalue weighted by Crippen LogP contribution is 2.28. The number of para-hydroxylation sites is 2. The molecule has 4 N–H and O–H groups in total. The SMILES string of the molecule is CCCc1cccc(O)c1O.O=C(O)c1ccccc1O. The van der Waals surface area contributed by atoms with Crippen molar-refractivity contribution in [3.8, 4) is 17.2 Å². The van der Waals surface area contributed by atoms with Crippen LogP contribution in [0.1, 0.15) is 29.3 Å². The van der Waals surface area contributed by atoms with Gasteiger partial charge in [-0.25, -0.2) is 4.79 Å². The lowest BCUT2D eigenvalue weighted by molar-refractivity contribution is 0.0693. The van der Waals surface area contributed by atoms with E-state index in [-0.39, 0.29) is 22.8 Å². The van der Waals surface area contributed by atoms with E-state index in [0.29, 0.717) is 0 Å². The fourth-order valence-corrected chi connectivity index (χ4v) is 1.70. The van der Waals surface area contributed by atoms with Gasteiger partial charge in [0.15, 0.2) is 11.5 Å². The first-order valence-corrected chi connectivity index (χ1v) is 6.48. The number of carboxylic acids is 1. The van der Waals surface area contributed by atoms with E-state index < -0.39 is 5.97 Å². The number of carbonyl (C=O) groups is 1. The molecule has 0 spiro atoms. The smallest absolute Gasteiger partial charge is 0.339 e. The summed E-state index contributed by atoms with van der Waals surface area (Å²) in [6.45, 7) is 2.03. The van der Waals surface area contributed by atoms with Gasteiger partial charge in [0.25, 0.3) is 0 Å². The molecule has 0 aliphatic rings. The van der Waals surface area contributed by atoms with Crippen LogP contribution in [0.15, 0.2) is 42.5 Å². The van der Waals surface area contributed by atoms with Crippen molar-refractivity contribution in [2.75, 3.05) is 0 Å². The minimum atomic E-state index is -1.11. The molecule has 2 aromatic rings. The Hall–Kier alpha value is -2.69. The summed E-state index contributed by atoms with van der Waals surface area (Å²) < 4.78 is 0. The highest BCUT2D eigenvalue weighted by Gasteiger charge is 2.05. The van der Waals surface area contributed by atoms with E-state index >= 15 is 0 Å². The molecule has 0 unspecified atom stereocenters. The quantitative estimate of drug-likeness (QED) is 0.651. The zero-order valence-electron chi connectivity index (χ0n) is 11.7. The number of aromatic hydroxyl groups is 3. The van der Waals surface area contributed by atoms with E-state index in [9.17, 15) is 9.90 Å². The number of benzene rings is 2. The monoisotopic (exact) mass is 290 g/mol. The molecule has 5 nitrogen and oxygen atoms in total. The summed E-state index contributed by atoms with van der Waals surface area (Å²) in [5, 5.41) is 35.7. The van der Waals surface area contributed by atoms with Gasteiger partial charge in [0.1, 0.15) is 11.3 Å². The molecule has 0 bridgehead atoms. The molecule has 21 heavy (non-hydrogen) atoms. The predicted octanol–water partition coefficient (Wildman–Crippen LogP) is 3.14. The van der Waals surface area contributed by atoms with Crippen molar-refractivity contribution >= 4 is 5.97 Å². The van der Waals surface area contributed by atoms with Crippen molar-refractivity contribution in [2.45, 2.75) is 19.8 Å². The predicted molar refractivity (Wildman–Crippen MR) is 78.8 cm³/mol. The van der Waals surface area contributed by atoms with Crippen molar-refractivity contribution < 1.29 is 25.2 Å². The number of rotatable bonds is 3. The summed E-state index contributed by atoms with van der Waals surface area (Å²) in [5.41, 5.74) is 0.745. The first-order chi connectivity index (χ1) is 9.97. The number of carboxylic acid groups (broad SMARTS) is 1. The van der Waals surface area contributed by atoms with Crippen LogP contribution in [-0.2, 0) is 6.42 Å². The van der Waals surface area contributed by atoms with Gasteiger partial charge in [-0.1, -0.05) is 37.6 Å². The molecule has 0 radical (unpaired) electrons. The van der Waals surface area contributed by atoms with Crippen LogP contribution in [0, 0.1) is 0 Å². The van der Waals surface area contributed by atoms with Crippen LogP contribution >= 0.6 is 0 Å². The molecule has 0 aromatic heterocycles. The summed E-state index contributed by atoms with van der Waals surface area (Å²) in [7, 11) is 0. The van der Waals surface area contributed by atoms with Crippen LogP contribution in [0.3, 0.4) is 0 Å². The summed E-state index contributed by atoms with van der Waals surface area (Å²) in [6, 6.07) is 10.8. The van der Waals surface area contributed by atoms with Crippen molar-refractivity contribution in [3.05, 3.63) is 53.6 Å². The number of aromatic carboxylic acids is 1. The van der Waals surface area contributed by atoms with Crippen molar-refractivity contribution in [2.24, 2.45) is 0 Å². The van der Waals surface area contributed by atoms with Gasteiger partial charge in [-0.15, -0.1) is 0 Å². The molecule has 5 heteroatoms.